The third-order valence-electron chi connectivity index (χ3n) is 3.37. The molecule has 136 valence electrons. The Balaban J connectivity index is 2.48. The second-order valence-electron chi connectivity index (χ2n) is 5.08. The number of thiocarbonyl (C=S) groups is 1. The van der Waals surface area contributed by atoms with E-state index in [0.29, 0.717) is 5.56 Å². The molecule has 1 aromatic rings. The van der Waals surface area contributed by atoms with E-state index in [0.717, 1.165) is 0 Å². The highest BCUT2D eigenvalue weighted by Gasteiger charge is 2.33. The molecule has 1 saturated heterocycles. The molecule has 1 aliphatic rings. The topological polar surface area (TPSA) is 105 Å². The molecule has 9 heteroatoms. The largest absolute Gasteiger partial charge is 0.493 e. The van der Waals surface area contributed by atoms with Crippen LogP contribution in [0.2, 0.25) is 0 Å². The Morgan fingerprint density at radius 2 is 2.15 bits per heavy atom. The van der Waals surface area contributed by atoms with E-state index in [2.05, 4.69) is 11.9 Å². The van der Waals surface area contributed by atoms with Crippen LogP contribution in [0.15, 0.2) is 36.4 Å². The molecule has 0 aliphatic carbocycles. The van der Waals surface area contributed by atoms with E-state index in [-0.39, 0.29) is 28.7 Å². The maximum absolute atomic E-state index is 12.6. The minimum absolute atomic E-state index is 0.00922. The molecular weight excluding hydrogens is 360 g/mol. The van der Waals surface area contributed by atoms with Crippen molar-refractivity contribution in [2.75, 3.05) is 20.3 Å². The summed E-state index contributed by atoms with van der Waals surface area (Å²) < 4.78 is 10.4. The summed E-state index contributed by atoms with van der Waals surface area (Å²) in [6, 6.07) is 4.76. The number of rotatable bonds is 7. The molecule has 1 heterocycles. The number of benzene rings is 1. The van der Waals surface area contributed by atoms with Crippen molar-refractivity contribution >= 4 is 41.2 Å². The smallest absolute Gasteiger partial charge is 0.341 e. The van der Waals surface area contributed by atoms with Crippen molar-refractivity contribution in [2.45, 2.75) is 0 Å². The Morgan fingerprint density at radius 1 is 1.42 bits per heavy atom. The minimum Gasteiger partial charge on any atom is -0.493 e. The average molecular weight is 376 g/mol. The van der Waals surface area contributed by atoms with Gasteiger partial charge in [-0.1, -0.05) is 18.2 Å². The molecule has 0 aromatic heterocycles. The number of carboxylic acid groups (broad SMARTS) is 1. The predicted octanol–water partition coefficient (Wildman–Crippen LogP) is 0.971. The lowest BCUT2D eigenvalue weighted by molar-refractivity contribution is -0.139. The molecule has 2 N–H and O–H groups in total. The van der Waals surface area contributed by atoms with Crippen LogP contribution in [0.3, 0.4) is 0 Å². The number of methoxy groups -OCH3 is 1. The van der Waals surface area contributed by atoms with Gasteiger partial charge >= 0.3 is 5.97 Å². The standard InChI is InChI=1S/C17H16N2O6S/c1-3-7-19-16(23)11(15(22)18-17(19)26)8-10-5-4-6-12(24-2)14(10)25-9-13(20)21/h3-6,8H,1,7,9H2,2H3,(H,20,21)(H,18,22,26). The summed E-state index contributed by atoms with van der Waals surface area (Å²) in [6.45, 7) is 3.08. The Hall–Kier alpha value is -3.20. The fourth-order valence-corrected chi connectivity index (χ4v) is 2.49. The molecule has 1 fully saturated rings. The molecule has 0 atom stereocenters. The molecule has 1 aliphatic heterocycles. The fraction of sp³-hybridized carbons (Fsp3) is 0.176. The van der Waals surface area contributed by atoms with Gasteiger partial charge in [0.25, 0.3) is 11.8 Å². The van der Waals surface area contributed by atoms with E-state index >= 15 is 0 Å². The van der Waals surface area contributed by atoms with Gasteiger partial charge in [-0.2, -0.15) is 0 Å². The maximum Gasteiger partial charge on any atom is 0.341 e. The lowest BCUT2D eigenvalue weighted by Gasteiger charge is -2.27. The Bertz CT molecular complexity index is 817. The van der Waals surface area contributed by atoms with Crippen molar-refractivity contribution in [2.24, 2.45) is 0 Å². The zero-order valence-electron chi connectivity index (χ0n) is 13.9. The number of carbonyl (C=O) groups is 3. The number of hydrogen-bond acceptors (Lipinski definition) is 6. The summed E-state index contributed by atoms with van der Waals surface area (Å²) in [6.07, 6.45) is 2.78. The maximum atomic E-state index is 12.6. The van der Waals surface area contributed by atoms with E-state index in [1.54, 1.807) is 18.2 Å². The summed E-state index contributed by atoms with van der Waals surface area (Å²) in [7, 11) is 1.39. The zero-order valence-corrected chi connectivity index (χ0v) is 14.7. The first-order valence-electron chi connectivity index (χ1n) is 7.40. The van der Waals surface area contributed by atoms with Gasteiger partial charge in [-0.3, -0.25) is 19.8 Å². The van der Waals surface area contributed by atoms with Crippen molar-refractivity contribution in [1.29, 1.82) is 0 Å². The van der Waals surface area contributed by atoms with E-state index in [4.69, 9.17) is 26.8 Å². The number of hydrogen-bond donors (Lipinski definition) is 2. The van der Waals surface area contributed by atoms with Crippen molar-refractivity contribution in [3.63, 3.8) is 0 Å². The van der Waals surface area contributed by atoms with Gasteiger partial charge in [0.2, 0.25) is 0 Å². The van der Waals surface area contributed by atoms with E-state index < -0.39 is 24.4 Å². The van der Waals surface area contributed by atoms with Crippen molar-refractivity contribution < 1.29 is 29.0 Å². The first kappa shape index (κ1) is 19.1. The summed E-state index contributed by atoms with van der Waals surface area (Å²) >= 11 is 4.99. The SMILES string of the molecule is C=CCN1C(=O)C(=Cc2cccc(OC)c2OCC(=O)O)C(=O)NC1=S. The fourth-order valence-electron chi connectivity index (χ4n) is 2.24. The predicted molar refractivity (Wildman–Crippen MR) is 96.8 cm³/mol. The molecule has 0 spiro atoms. The molecule has 0 saturated carbocycles. The van der Waals surface area contributed by atoms with Gasteiger partial charge in [0.15, 0.2) is 23.2 Å². The Labute approximate surface area is 154 Å². The Morgan fingerprint density at radius 3 is 2.77 bits per heavy atom. The van der Waals surface area contributed by atoms with Crippen LogP contribution in [0.5, 0.6) is 11.5 Å². The van der Waals surface area contributed by atoms with Crippen LogP contribution in [0.25, 0.3) is 6.08 Å². The third-order valence-corrected chi connectivity index (χ3v) is 3.69. The van der Waals surface area contributed by atoms with Crippen LogP contribution >= 0.6 is 12.2 Å². The quantitative estimate of drug-likeness (QED) is 0.316. The molecule has 1 aromatic carbocycles. The molecule has 0 unspecified atom stereocenters. The Kier molecular flexibility index (Phi) is 6.07. The van der Waals surface area contributed by atoms with E-state index in [9.17, 15) is 14.4 Å². The van der Waals surface area contributed by atoms with Crippen LogP contribution in [0.4, 0.5) is 0 Å². The lowest BCUT2D eigenvalue weighted by Crippen LogP contribution is -2.53. The highest BCUT2D eigenvalue weighted by molar-refractivity contribution is 7.80. The molecular formula is C17H16N2O6S. The normalized spacial score (nSPS) is 15.7. The van der Waals surface area contributed by atoms with Gasteiger partial charge in [-0.05, 0) is 24.4 Å². The summed E-state index contributed by atoms with van der Waals surface area (Å²) in [5.74, 6) is -2.06. The third kappa shape index (κ3) is 4.06. The van der Waals surface area contributed by atoms with Gasteiger partial charge in [0, 0.05) is 12.1 Å². The number of carboxylic acids is 1. The molecule has 8 nitrogen and oxygen atoms in total. The summed E-state index contributed by atoms with van der Waals surface area (Å²) in [4.78, 5) is 36.7. The number of para-hydroxylation sites is 1. The summed E-state index contributed by atoms with van der Waals surface area (Å²) in [5.41, 5.74) is 0.143. The second kappa shape index (κ2) is 8.26. The van der Waals surface area contributed by atoms with Gasteiger partial charge in [-0.25, -0.2) is 4.79 Å². The number of aliphatic carboxylic acids is 1. The summed E-state index contributed by atoms with van der Waals surface area (Å²) in [5, 5.41) is 11.2. The number of carbonyl (C=O) groups excluding carboxylic acids is 2. The molecule has 26 heavy (non-hydrogen) atoms. The van der Waals surface area contributed by atoms with Crippen LogP contribution in [-0.2, 0) is 14.4 Å². The molecule has 0 radical (unpaired) electrons. The second-order valence-corrected chi connectivity index (χ2v) is 5.47. The van der Waals surface area contributed by atoms with Crippen LogP contribution in [-0.4, -0.2) is 53.2 Å². The van der Waals surface area contributed by atoms with Crippen LogP contribution in [0.1, 0.15) is 5.56 Å². The first-order valence-corrected chi connectivity index (χ1v) is 7.81. The van der Waals surface area contributed by atoms with Gasteiger partial charge < -0.3 is 14.6 Å². The number of amides is 2. The van der Waals surface area contributed by atoms with Gasteiger partial charge in [-0.15, -0.1) is 6.58 Å². The van der Waals surface area contributed by atoms with Crippen LogP contribution < -0.4 is 14.8 Å². The monoisotopic (exact) mass is 376 g/mol. The first-order chi connectivity index (χ1) is 12.4. The van der Waals surface area contributed by atoms with Crippen molar-refractivity contribution in [3.05, 3.63) is 42.0 Å². The molecule has 2 amide bonds. The lowest BCUT2D eigenvalue weighted by atomic mass is 10.1. The van der Waals surface area contributed by atoms with Crippen molar-refractivity contribution in [3.8, 4) is 11.5 Å². The van der Waals surface area contributed by atoms with Gasteiger partial charge in [0.05, 0.1) is 7.11 Å². The molecule has 2 rings (SSSR count). The highest BCUT2D eigenvalue weighted by Crippen LogP contribution is 2.33. The van der Waals surface area contributed by atoms with E-state index in [1.807, 2.05) is 0 Å². The average Bonchev–Trinajstić information content (AvgIpc) is 2.60. The highest BCUT2D eigenvalue weighted by atomic mass is 32.1. The number of nitrogens with zero attached hydrogens (tertiary/aromatic N) is 1. The van der Waals surface area contributed by atoms with Crippen molar-refractivity contribution in [1.82, 2.24) is 10.2 Å². The van der Waals surface area contributed by atoms with E-state index in [1.165, 1.54) is 24.2 Å². The van der Waals surface area contributed by atoms with Gasteiger partial charge in [0.1, 0.15) is 5.57 Å². The molecule has 0 bridgehead atoms. The van der Waals surface area contributed by atoms with Crippen LogP contribution in [0, 0.1) is 0 Å². The number of ether oxygens (including phenoxy) is 2. The zero-order chi connectivity index (χ0) is 19.3. The number of nitrogens with one attached hydrogen (secondary N) is 1. The minimum atomic E-state index is -1.18.